The minimum atomic E-state index is 0.00663. The lowest BCUT2D eigenvalue weighted by Gasteiger charge is -2.35. The Morgan fingerprint density at radius 1 is 0.600 bits per heavy atom. The van der Waals surface area contributed by atoms with Crippen molar-refractivity contribution in [3.05, 3.63) is 144 Å². The lowest BCUT2D eigenvalue weighted by molar-refractivity contribution is 0.465. The minimum absolute atomic E-state index is 0.00663. The van der Waals surface area contributed by atoms with E-state index in [1.165, 1.54) is 77.8 Å². The Morgan fingerprint density at radius 2 is 1.38 bits per heavy atom. The first-order valence-corrected chi connectivity index (χ1v) is 18.4. The maximum absolute atomic E-state index is 7.06. The summed E-state index contributed by atoms with van der Waals surface area (Å²) in [5.41, 5.74) is 12.2. The van der Waals surface area contributed by atoms with Crippen LogP contribution in [0.1, 0.15) is 28.7 Å². The molecule has 2 aliphatic heterocycles. The molecule has 0 spiro atoms. The third-order valence-corrected chi connectivity index (χ3v) is 12.2. The zero-order valence-corrected chi connectivity index (χ0v) is 28.7. The van der Waals surface area contributed by atoms with Crippen LogP contribution in [0.5, 0.6) is 23.0 Å². The summed E-state index contributed by atoms with van der Waals surface area (Å²) in [4.78, 5) is 2.34. The summed E-state index contributed by atoms with van der Waals surface area (Å²) in [5.74, 6) is 3.53. The van der Waals surface area contributed by atoms with E-state index in [0.717, 1.165) is 45.5 Å². The molecule has 0 saturated heterocycles. The number of benzene rings is 7. The van der Waals surface area contributed by atoms with Crippen molar-refractivity contribution in [2.24, 2.45) is 0 Å². The van der Waals surface area contributed by atoms with Crippen molar-refractivity contribution in [2.45, 2.75) is 33.1 Å². The smallest absolute Gasteiger partial charge is 0.260 e. The molecule has 3 aliphatic rings. The predicted octanol–water partition coefficient (Wildman–Crippen LogP) is 10.5. The van der Waals surface area contributed by atoms with Gasteiger partial charge in [0.1, 0.15) is 23.0 Å². The SMILES string of the molecule is Cc1ccc(N(c2cc3c4c(c2)Oc2cc5c(cc2B4c2cc(C)ccc2O3)sc2c3c(ccc25)CCC3)c2cccc3ccccc23)cc1. The van der Waals surface area contributed by atoms with Gasteiger partial charge in [0.25, 0.3) is 6.71 Å². The number of ether oxygens (including phenoxy) is 2. The monoisotopic (exact) mass is 661 g/mol. The van der Waals surface area contributed by atoms with Crippen LogP contribution in [0.3, 0.4) is 0 Å². The third-order valence-electron chi connectivity index (χ3n) is 11.0. The lowest BCUT2D eigenvalue weighted by atomic mass is 9.34. The van der Waals surface area contributed by atoms with Crippen molar-refractivity contribution < 1.29 is 9.47 Å². The molecular formula is C45H32BNO2S. The maximum atomic E-state index is 7.06. The van der Waals surface area contributed by atoms with E-state index in [1.54, 1.807) is 5.56 Å². The van der Waals surface area contributed by atoms with Crippen molar-refractivity contribution >= 4 is 82.4 Å². The normalized spacial score (nSPS) is 13.8. The van der Waals surface area contributed by atoms with Crippen LogP contribution >= 0.6 is 11.3 Å². The molecule has 3 nitrogen and oxygen atoms in total. The molecule has 0 radical (unpaired) electrons. The topological polar surface area (TPSA) is 21.7 Å². The molecule has 0 fully saturated rings. The van der Waals surface area contributed by atoms with E-state index >= 15 is 0 Å². The Kier molecular flexibility index (Phi) is 5.95. The average molecular weight is 662 g/mol. The van der Waals surface area contributed by atoms with Gasteiger partial charge < -0.3 is 14.4 Å². The van der Waals surface area contributed by atoms with Gasteiger partial charge in [-0.3, -0.25) is 0 Å². The first-order valence-electron chi connectivity index (χ1n) is 17.6. The number of anilines is 3. The molecule has 0 unspecified atom stereocenters. The van der Waals surface area contributed by atoms with E-state index < -0.39 is 0 Å². The second-order valence-corrected chi connectivity index (χ2v) is 15.2. The number of hydrogen-bond donors (Lipinski definition) is 0. The zero-order chi connectivity index (χ0) is 33.1. The van der Waals surface area contributed by atoms with Crippen molar-refractivity contribution in [3.8, 4) is 23.0 Å². The van der Waals surface area contributed by atoms with Gasteiger partial charge >= 0.3 is 0 Å². The molecule has 1 aliphatic carbocycles. The molecule has 0 amide bonds. The van der Waals surface area contributed by atoms with Crippen LogP contribution in [-0.2, 0) is 12.8 Å². The van der Waals surface area contributed by atoms with Crippen LogP contribution < -0.4 is 30.8 Å². The van der Waals surface area contributed by atoms with Gasteiger partial charge in [0.15, 0.2) is 0 Å². The molecule has 8 aromatic rings. The number of thiophene rings is 1. The Labute approximate surface area is 295 Å². The van der Waals surface area contributed by atoms with Gasteiger partial charge in [-0.05, 0) is 96.9 Å². The largest absolute Gasteiger partial charge is 0.458 e. The molecule has 7 aromatic carbocycles. The molecule has 1 aromatic heterocycles. The van der Waals surface area contributed by atoms with Crippen LogP contribution in [-0.4, -0.2) is 6.71 Å². The standard InChI is InChI=1S/C45H32BNO2S/c1-26-13-17-30(18-14-26)47(38-12-6-9-28-7-3-4-10-32(28)38)31-22-41-44-42(23-31)49-40-24-35-34-19-16-29-8-5-11-33(29)45(34)50-43(35)25-37(40)46(44)36-21-27(2)15-20-39(36)48-41/h3-4,6-7,9-10,12-25H,5,8,11H2,1-2H3. The molecule has 0 bridgehead atoms. The van der Waals surface area contributed by atoms with Crippen molar-refractivity contribution in [3.63, 3.8) is 0 Å². The van der Waals surface area contributed by atoms with Crippen molar-refractivity contribution in [2.75, 3.05) is 4.90 Å². The fraction of sp³-hybridized carbons (Fsp3) is 0.111. The lowest BCUT2D eigenvalue weighted by Crippen LogP contribution is -2.57. The van der Waals surface area contributed by atoms with E-state index in [4.69, 9.17) is 9.47 Å². The molecule has 50 heavy (non-hydrogen) atoms. The van der Waals surface area contributed by atoms with Crippen LogP contribution in [0.2, 0.25) is 0 Å². The molecular weight excluding hydrogens is 629 g/mol. The van der Waals surface area contributed by atoms with Crippen molar-refractivity contribution in [1.82, 2.24) is 0 Å². The summed E-state index contributed by atoms with van der Waals surface area (Å²) in [5, 5.41) is 5.02. The summed E-state index contributed by atoms with van der Waals surface area (Å²) in [6.07, 6.45) is 3.61. The highest BCUT2D eigenvalue weighted by atomic mass is 32.1. The van der Waals surface area contributed by atoms with Crippen LogP contribution in [0.4, 0.5) is 17.1 Å². The van der Waals surface area contributed by atoms with Gasteiger partial charge in [0, 0.05) is 48.8 Å². The highest BCUT2D eigenvalue weighted by Gasteiger charge is 2.41. The zero-order valence-electron chi connectivity index (χ0n) is 27.9. The molecule has 3 heterocycles. The van der Waals surface area contributed by atoms with Gasteiger partial charge in [-0.2, -0.15) is 0 Å². The fourth-order valence-corrected chi connectivity index (χ4v) is 9.98. The highest BCUT2D eigenvalue weighted by Crippen LogP contribution is 2.46. The Bertz CT molecular complexity index is 2720. The highest BCUT2D eigenvalue weighted by molar-refractivity contribution is 7.26. The number of fused-ring (bicyclic) bond motifs is 10. The van der Waals surface area contributed by atoms with Gasteiger partial charge in [0.2, 0.25) is 0 Å². The first-order chi connectivity index (χ1) is 24.6. The van der Waals surface area contributed by atoms with Gasteiger partial charge in [0.05, 0.1) is 11.4 Å². The van der Waals surface area contributed by atoms with E-state index in [-0.39, 0.29) is 6.71 Å². The van der Waals surface area contributed by atoms with Gasteiger partial charge in [-0.25, -0.2) is 0 Å². The number of nitrogens with zero attached hydrogens (tertiary/aromatic N) is 1. The van der Waals surface area contributed by atoms with Crippen LogP contribution in [0.15, 0.2) is 121 Å². The van der Waals surface area contributed by atoms with E-state index in [1.807, 2.05) is 11.3 Å². The molecule has 11 rings (SSSR count). The van der Waals surface area contributed by atoms with Crippen molar-refractivity contribution in [1.29, 1.82) is 0 Å². The second kappa shape index (κ2) is 10.5. The quantitative estimate of drug-likeness (QED) is 0.176. The molecule has 0 atom stereocenters. The van der Waals surface area contributed by atoms with E-state index in [0.29, 0.717) is 0 Å². The summed E-state index contributed by atoms with van der Waals surface area (Å²) in [6.45, 7) is 4.31. The van der Waals surface area contributed by atoms with Gasteiger partial charge in [-0.1, -0.05) is 83.9 Å². The molecule has 238 valence electrons. The number of rotatable bonds is 3. The van der Waals surface area contributed by atoms with Crippen LogP contribution in [0, 0.1) is 13.8 Å². The molecule has 0 saturated carbocycles. The Morgan fingerprint density at radius 3 is 2.26 bits per heavy atom. The van der Waals surface area contributed by atoms with Gasteiger partial charge in [-0.15, -0.1) is 11.3 Å². The number of aryl methyl sites for hydroxylation is 4. The first kappa shape index (κ1) is 28.3. The Balaban J connectivity index is 1.16. The summed E-state index contributed by atoms with van der Waals surface area (Å²) >= 11 is 1.95. The predicted molar refractivity (Wildman–Crippen MR) is 211 cm³/mol. The summed E-state index contributed by atoms with van der Waals surface area (Å²) < 4.78 is 16.7. The van der Waals surface area contributed by atoms with E-state index in [9.17, 15) is 0 Å². The molecule has 5 heteroatoms. The Hall–Kier alpha value is -5.52. The van der Waals surface area contributed by atoms with Crippen LogP contribution in [0.25, 0.3) is 30.9 Å². The second-order valence-electron chi connectivity index (χ2n) is 14.1. The summed E-state index contributed by atoms with van der Waals surface area (Å²) in [6, 6.07) is 44.4. The average Bonchev–Trinajstić information content (AvgIpc) is 3.76. The fourth-order valence-electron chi connectivity index (χ4n) is 8.65. The maximum Gasteiger partial charge on any atom is 0.260 e. The minimum Gasteiger partial charge on any atom is -0.458 e. The van der Waals surface area contributed by atoms with E-state index in [2.05, 4.69) is 140 Å². The summed E-state index contributed by atoms with van der Waals surface area (Å²) in [7, 11) is 0. The number of hydrogen-bond acceptors (Lipinski definition) is 4. The molecule has 0 N–H and O–H groups in total. The third kappa shape index (κ3) is 4.10.